The molecule has 1 aliphatic heterocycles. The lowest BCUT2D eigenvalue weighted by atomic mass is 10.1. The molecule has 0 spiro atoms. The number of rotatable bonds is 7. The van der Waals surface area contributed by atoms with Crippen LogP contribution in [0.5, 0.6) is 0 Å². The summed E-state index contributed by atoms with van der Waals surface area (Å²) >= 11 is 1.64. The van der Waals surface area contributed by atoms with Gasteiger partial charge in [0.2, 0.25) is 15.9 Å². The first-order valence-corrected chi connectivity index (χ1v) is 12.4. The third-order valence-corrected chi connectivity index (χ3v) is 7.55. The quantitative estimate of drug-likeness (QED) is 0.691. The lowest BCUT2D eigenvalue weighted by Gasteiger charge is -2.30. The van der Waals surface area contributed by atoms with Gasteiger partial charge in [-0.25, -0.2) is 13.1 Å². The molecule has 1 saturated heterocycles. The summed E-state index contributed by atoms with van der Waals surface area (Å²) in [6.45, 7) is 5.49. The maximum absolute atomic E-state index is 13.0. The number of thiophene rings is 1. The van der Waals surface area contributed by atoms with Gasteiger partial charge in [-0.05, 0) is 79.0 Å². The van der Waals surface area contributed by atoms with E-state index in [2.05, 4.69) is 26.4 Å². The van der Waals surface area contributed by atoms with Gasteiger partial charge in [0.1, 0.15) is 0 Å². The van der Waals surface area contributed by atoms with Gasteiger partial charge in [0.05, 0.1) is 4.90 Å². The molecule has 2 N–H and O–H groups in total. The van der Waals surface area contributed by atoms with Crippen molar-refractivity contribution >= 4 is 33.0 Å². The van der Waals surface area contributed by atoms with Gasteiger partial charge in [0.25, 0.3) is 0 Å². The molecule has 29 heavy (non-hydrogen) atoms. The lowest BCUT2D eigenvalue weighted by molar-refractivity contribution is -0.114. The van der Waals surface area contributed by atoms with Crippen molar-refractivity contribution in [3.05, 3.63) is 46.2 Å². The van der Waals surface area contributed by atoms with E-state index in [1.54, 1.807) is 36.5 Å². The van der Waals surface area contributed by atoms with E-state index in [-0.39, 0.29) is 16.8 Å². The number of carbonyl (C=O) groups excluding carboxylic acids is 1. The number of sulfonamides is 1. The molecular formula is C21H29N3O3S2. The van der Waals surface area contributed by atoms with Crippen LogP contribution < -0.4 is 10.0 Å². The van der Waals surface area contributed by atoms with Crippen molar-refractivity contribution in [3.63, 3.8) is 0 Å². The number of benzene rings is 1. The molecule has 1 fully saturated rings. The Morgan fingerprint density at radius 3 is 2.48 bits per heavy atom. The third-order valence-electron chi connectivity index (χ3n) is 5.26. The van der Waals surface area contributed by atoms with Crippen LogP contribution in [0.3, 0.4) is 0 Å². The van der Waals surface area contributed by atoms with Crippen LogP contribution in [0.2, 0.25) is 0 Å². The van der Waals surface area contributed by atoms with E-state index in [1.807, 2.05) is 5.38 Å². The van der Waals surface area contributed by atoms with Gasteiger partial charge in [-0.15, -0.1) is 0 Å². The summed E-state index contributed by atoms with van der Waals surface area (Å²) in [6, 6.07) is 6.97. The molecule has 158 valence electrons. The highest BCUT2D eigenvalue weighted by molar-refractivity contribution is 7.89. The molecule has 1 atom stereocenters. The smallest absolute Gasteiger partial charge is 0.240 e. The summed E-state index contributed by atoms with van der Waals surface area (Å²) in [5, 5.41) is 6.83. The van der Waals surface area contributed by atoms with Crippen LogP contribution in [0.15, 0.2) is 39.9 Å². The Balaban J connectivity index is 1.76. The highest BCUT2D eigenvalue weighted by Crippen LogP contribution is 2.27. The number of nitrogens with zero attached hydrogens (tertiary/aromatic N) is 1. The van der Waals surface area contributed by atoms with Crippen molar-refractivity contribution in [3.8, 4) is 0 Å². The molecule has 0 saturated carbocycles. The zero-order valence-electron chi connectivity index (χ0n) is 17.0. The van der Waals surface area contributed by atoms with Crippen molar-refractivity contribution in [1.29, 1.82) is 0 Å². The molecule has 1 aromatic heterocycles. The van der Waals surface area contributed by atoms with Gasteiger partial charge in [0, 0.05) is 25.2 Å². The molecule has 1 aromatic carbocycles. The molecule has 1 amide bonds. The molecule has 0 radical (unpaired) electrons. The number of nitrogens with one attached hydrogen (secondary N) is 2. The predicted molar refractivity (Wildman–Crippen MR) is 118 cm³/mol. The zero-order valence-corrected chi connectivity index (χ0v) is 18.6. The Morgan fingerprint density at radius 2 is 1.90 bits per heavy atom. The number of likely N-dealkylation sites (tertiary alicyclic amines) is 1. The van der Waals surface area contributed by atoms with E-state index >= 15 is 0 Å². The van der Waals surface area contributed by atoms with Crippen molar-refractivity contribution < 1.29 is 13.2 Å². The van der Waals surface area contributed by atoms with Gasteiger partial charge < -0.3 is 5.32 Å². The fourth-order valence-corrected chi connectivity index (χ4v) is 5.80. The van der Waals surface area contributed by atoms with E-state index < -0.39 is 10.0 Å². The molecular weight excluding hydrogens is 406 g/mol. The lowest BCUT2D eigenvalue weighted by Crippen LogP contribution is -2.38. The minimum atomic E-state index is -3.66. The van der Waals surface area contributed by atoms with Crippen molar-refractivity contribution in [2.24, 2.45) is 0 Å². The molecule has 3 rings (SSSR count). The molecule has 2 aromatic rings. The number of amides is 1. The first-order valence-electron chi connectivity index (χ1n) is 10.0. The Morgan fingerprint density at radius 1 is 1.17 bits per heavy atom. The van der Waals surface area contributed by atoms with E-state index in [0.717, 1.165) is 31.5 Å². The maximum atomic E-state index is 13.0. The van der Waals surface area contributed by atoms with E-state index in [1.165, 1.54) is 19.8 Å². The number of hydrogen-bond acceptors (Lipinski definition) is 5. The third kappa shape index (κ3) is 5.88. The van der Waals surface area contributed by atoms with Gasteiger partial charge in [0.15, 0.2) is 0 Å². The van der Waals surface area contributed by atoms with Crippen LogP contribution in [0.1, 0.15) is 49.8 Å². The fourth-order valence-electron chi connectivity index (χ4n) is 3.83. The predicted octanol–water partition coefficient (Wildman–Crippen LogP) is 3.91. The number of carbonyl (C=O) groups is 1. The monoisotopic (exact) mass is 435 g/mol. The maximum Gasteiger partial charge on any atom is 0.240 e. The van der Waals surface area contributed by atoms with Gasteiger partial charge >= 0.3 is 0 Å². The second kappa shape index (κ2) is 9.84. The zero-order chi connectivity index (χ0) is 20.9. The van der Waals surface area contributed by atoms with Crippen molar-refractivity contribution in [1.82, 2.24) is 9.62 Å². The SMILES string of the molecule is CC(=O)Nc1ccc(S(=O)(=O)NCC(c2ccsc2)N2CCCCCC2)c(C)c1. The highest BCUT2D eigenvalue weighted by atomic mass is 32.2. The van der Waals surface area contributed by atoms with Crippen LogP contribution in [0.25, 0.3) is 0 Å². The second-order valence-electron chi connectivity index (χ2n) is 7.54. The van der Waals surface area contributed by atoms with Gasteiger partial charge in [-0.1, -0.05) is 12.8 Å². The highest BCUT2D eigenvalue weighted by Gasteiger charge is 2.25. The summed E-state index contributed by atoms with van der Waals surface area (Å²) < 4.78 is 28.8. The van der Waals surface area contributed by atoms with Crippen LogP contribution in [0.4, 0.5) is 5.69 Å². The molecule has 1 aliphatic rings. The minimum Gasteiger partial charge on any atom is -0.326 e. The number of hydrogen-bond donors (Lipinski definition) is 2. The second-order valence-corrected chi connectivity index (χ2v) is 10.1. The van der Waals surface area contributed by atoms with Crippen LogP contribution in [-0.4, -0.2) is 38.9 Å². The van der Waals surface area contributed by atoms with Crippen LogP contribution in [-0.2, 0) is 14.8 Å². The summed E-state index contributed by atoms with van der Waals surface area (Å²) in [5.74, 6) is -0.186. The van der Waals surface area contributed by atoms with Crippen molar-refractivity contribution in [2.45, 2.75) is 50.5 Å². The Hall–Kier alpha value is -1.74. The average Bonchev–Trinajstić information content (AvgIpc) is 3.04. The topological polar surface area (TPSA) is 78.5 Å². The number of anilines is 1. The summed E-state index contributed by atoms with van der Waals surface area (Å²) in [5.41, 5.74) is 2.36. The summed E-state index contributed by atoms with van der Waals surface area (Å²) in [4.78, 5) is 13.9. The largest absolute Gasteiger partial charge is 0.326 e. The Bertz CT molecular complexity index is 919. The summed E-state index contributed by atoms with van der Waals surface area (Å²) in [6.07, 6.45) is 4.77. The first kappa shape index (κ1) is 22.0. The number of aryl methyl sites for hydroxylation is 1. The van der Waals surface area contributed by atoms with E-state index in [9.17, 15) is 13.2 Å². The first-order chi connectivity index (χ1) is 13.9. The standard InChI is InChI=1S/C21H29N3O3S2/c1-16-13-19(23-17(2)25)7-8-21(16)29(26,27)22-14-20(18-9-12-28-15-18)24-10-5-3-4-6-11-24/h7-9,12-13,15,20,22H,3-6,10-11,14H2,1-2H3,(H,23,25). The molecule has 0 bridgehead atoms. The Labute approximate surface area is 177 Å². The van der Waals surface area contributed by atoms with Crippen molar-refractivity contribution in [2.75, 3.05) is 25.0 Å². The molecule has 1 unspecified atom stereocenters. The minimum absolute atomic E-state index is 0.0353. The molecule has 8 heteroatoms. The summed E-state index contributed by atoms with van der Waals surface area (Å²) in [7, 11) is -3.66. The van der Waals surface area contributed by atoms with Crippen LogP contribution >= 0.6 is 11.3 Å². The molecule has 0 aliphatic carbocycles. The Kier molecular flexibility index (Phi) is 7.45. The van der Waals surface area contributed by atoms with Gasteiger partial charge in [-0.3, -0.25) is 9.69 Å². The molecule has 6 nitrogen and oxygen atoms in total. The average molecular weight is 436 g/mol. The normalized spacial score (nSPS) is 16.9. The van der Waals surface area contributed by atoms with Crippen LogP contribution in [0, 0.1) is 6.92 Å². The fraction of sp³-hybridized carbons (Fsp3) is 0.476. The molecule has 2 heterocycles. The van der Waals surface area contributed by atoms with E-state index in [4.69, 9.17) is 0 Å². The van der Waals surface area contributed by atoms with E-state index in [0.29, 0.717) is 17.8 Å². The van der Waals surface area contributed by atoms with Gasteiger partial charge in [-0.2, -0.15) is 11.3 Å².